The Hall–Kier alpha value is -3.00. The van der Waals surface area contributed by atoms with E-state index in [2.05, 4.69) is 0 Å². The van der Waals surface area contributed by atoms with Crippen LogP contribution >= 0.6 is 11.6 Å². The quantitative estimate of drug-likeness (QED) is 0.432. The molecule has 0 spiro atoms. The van der Waals surface area contributed by atoms with E-state index in [4.69, 9.17) is 30.5 Å². The molecule has 2 aromatic rings. The zero-order valence-corrected chi connectivity index (χ0v) is 14.2. The largest absolute Gasteiger partial charge is 0.486 e. The maximum atomic E-state index is 11.8. The molecule has 0 fully saturated rings. The first-order valence-corrected chi connectivity index (χ1v) is 8.01. The third-order valence-electron chi connectivity index (χ3n) is 3.46. The van der Waals surface area contributed by atoms with Crippen molar-refractivity contribution in [3.05, 3.63) is 57.1 Å². The number of nitro benzene ring substituents is 1. The molecular weight excluding hydrogens is 366 g/mol. The summed E-state index contributed by atoms with van der Waals surface area (Å²) in [6, 6.07) is 8.73. The number of hydrogen-bond acceptors (Lipinski definition) is 7. The lowest BCUT2D eigenvalue weighted by Crippen LogP contribution is -2.17. The van der Waals surface area contributed by atoms with Crippen molar-refractivity contribution in [2.24, 2.45) is 0 Å². The lowest BCUT2D eigenvalue weighted by Gasteiger charge is -2.20. The molecule has 26 heavy (non-hydrogen) atoms. The Balaban J connectivity index is 1.51. The summed E-state index contributed by atoms with van der Waals surface area (Å²) in [5.41, 5.74) is 0.596. The van der Waals surface area contributed by atoms with Gasteiger partial charge in [0.05, 0.1) is 9.95 Å². The van der Waals surface area contributed by atoms with Crippen molar-refractivity contribution >= 4 is 23.3 Å². The number of carbonyl (C=O) groups is 1. The van der Waals surface area contributed by atoms with Crippen LogP contribution in [0.3, 0.4) is 0 Å². The highest BCUT2D eigenvalue weighted by atomic mass is 35.5. The van der Waals surface area contributed by atoms with Gasteiger partial charge in [-0.05, 0) is 29.8 Å². The second-order valence-electron chi connectivity index (χ2n) is 5.30. The summed E-state index contributed by atoms with van der Waals surface area (Å²) in [5, 5.41) is 11.0. The Labute approximate surface area is 153 Å². The highest BCUT2D eigenvalue weighted by Crippen LogP contribution is 2.38. The Morgan fingerprint density at radius 3 is 2.65 bits per heavy atom. The van der Waals surface area contributed by atoms with Gasteiger partial charge in [0.2, 0.25) is 0 Å². The number of nitrogens with zero attached hydrogens (tertiary/aromatic N) is 1. The number of hydrogen-bond donors (Lipinski definition) is 0. The minimum atomic E-state index is -0.589. The lowest BCUT2D eigenvalue weighted by molar-refractivity contribution is -0.384. The minimum absolute atomic E-state index is 0.00118. The van der Waals surface area contributed by atoms with E-state index in [1.807, 2.05) is 0 Å². The molecule has 1 heterocycles. The third kappa shape index (κ3) is 4.34. The topological polar surface area (TPSA) is 97.1 Å². The summed E-state index contributed by atoms with van der Waals surface area (Å²) in [6.07, 6.45) is 0. The lowest BCUT2D eigenvalue weighted by atomic mass is 10.2. The standard InChI is InChI=1S/C17H14ClNO7/c18-14-7-11(8-15-17(14)24-6-5-23-15)9-26-16(20)10-25-13-3-1-12(2-4-13)19(21)22/h1-4,7-8H,5-6,9-10H2. The second-order valence-corrected chi connectivity index (χ2v) is 5.71. The Bertz CT molecular complexity index is 823. The number of fused-ring (bicyclic) bond motifs is 1. The van der Waals surface area contributed by atoms with Crippen LogP contribution in [0.15, 0.2) is 36.4 Å². The van der Waals surface area contributed by atoms with Crippen LogP contribution in [0.5, 0.6) is 17.2 Å². The van der Waals surface area contributed by atoms with Gasteiger partial charge in [0.1, 0.15) is 25.6 Å². The number of halogens is 1. The fraction of sp³-hybridized carbons (Fsp3) is 0.235. The molecule has 136 valence electrons. The molecular formula is C17H14ClNO7. The smallest absolute Gasteiger partial charge is 0.344 e. The molecule has 3 rings (SSSR count). The molecule has 1 aliphatic rings. The molecule has 0 aromatic heterocycles. The maximum Gasteiger partial charge on any atom is 0.344 e. The van der Waals surface area contributed by atoms with Crippen LogP contribution in [0.2, 0.25) is 5.02 Å². The molecule has 0 amide bonds. The average molecular weight is 380 g/mol. The summed E-state index contributed by atoms with van der Waals surface area (Å²) >= 11 is 6.12. The number of esters is 1. The Morgan fingerprint density at radius 2 is 1.92 bits per heavy atom. The van der Waals surface area contributed by atoms with Crippen LogP contribution in [0, 0.1) is 10.1 Å². The molecule has 8 nitrogen and oxygen atoms in total. The highest BCUT2D eigenvalue weighted by molar-refractivity contribution is 6.32. The number of non-ortho nitro benzene ring substituents is 1. The fourth-order valence-electron chi connectivity index (χ4n) is 2.26. The van der Waals surface area contributed by atoms with E-state index in [9.17, 15) is 14.9 Å². The van der Waals surface area contributed by atoms with Crippen molar-refractivity contribution in [3.63, 3.8) is 0 Å². The Morgan fingerprint density at radius 1 is 1.19 bits per heavy atom. The molecule has 0 atom stereocenters. The van der Waals surface area contributed by atoms with Gasteiger partial charge in [0, 0.05) is 12.1 Å². The summed E-state index contributed by atoms with van der Waals surface area (Å²) in [6.45, 7) is 0.533. The third-order valence-corrected chi connectivity index (χ3v) is 3.74. The van der Waals surface area contributed by atoms with Crippen molar-refractivity contribution in [2.45, 2.75) is 6.61 Å². The first-order valence-electron chi connectivity index (χ1n) is 7.64. The van der Waals surface area contributed by atoms with E-state index in [1.165, 1.54) is 24.3 Å². The van der Waals surface area contributed by atoms with Crippen LogP contribution in [0.4, 0.5) is 5.69 Å². The minimum Gasteiger partial charge on any atom is -0.486 e. The summed E-state index contributed by atoms with van der Waals surface area (Å²) in [7, 11) is 0. The van der Waals surface area contributed by atoms with Crippen LogP contribution in [-0.2, 0) is 16.1 Å². The van der Waals surface area contributed by atoms with Crippen molar-refractivity contribution in [2.75, 3.05) is 19.8 Å². The van der Waals surface area contributed by atoms with Gasteiger partial charge in [-0.15, -0.1) is 0 Å². The predicted octanol–water partition coefficient (Wildman–Crippen LogP) is 3.14. The first kappa shape index (κ1) is 17.8. The van der Waals surface area contributed by atoms with E-state index in [0.29, 0.717) is 41.0 Å². The number of carbonyl (C=O) groups excluding carboxylic acids is 1. The fourth-order valence-corrected chi connectivity index (χ4v) is 2.55. The zero-order valence-electron chi connectivity index (χ0n) is 13.5. The van der Waals surface area contributed by atoms with Crippen molar-refractivity contribution in [3.8, 4) is 17.2 Å². The van der Waals surface area contributed by atoms with E-state index >= 15 is 0 Å². The number of nitro groups is 1. The molecule has 0 aliphatic carbocycles. The van der Waals surface area contributed by atoms with E-state index in [-0.39, 0.29) is 18.9 Å². The maximum absolute atomic E-state index is 11.8. The number of ether oxygens (including phenoxy) is 4. The molecule has 1 aliphatic heterocycles. The second kappa shape index (κ2) is 7.92. The molecule has 0 N–H and O–H groups in total. The van der Waals surface area contributed by atoms with Crippen LogP contribution < -0.4 is 14.2 Å². The van der Waals surface area contributed by atoms with Crippen molar-refractivity contribution in [1.82, 2.24) is 0 Å². The van der Waals surface area contributed by atoms with Crippen LogP contribution in [0.1, 0.15) is 5.56 Å². The first-order chi connectivity index (χ1) is 12.5. The predicted molar refractivity (Wildman–Crippen MR) is 90.8 cm³/mol. The van der Waals surface area contributed by atoms with Crippen LogP contribution in [-0.4, -0.2) is 30.7 Å². The number of benzene rings is 2. The summed E-state index contributed by atoms with van der Waals surface area (Å²) in [5.74, 6) is 0.732. The van der Waals surface area contributed by atoms with Gasteiger partial charge in [-0.2, -0.15) is 0 Å². The van der Waals surface area contributed by atoms with E-state index in [1.54, 1.807) is 12.1 Å². The summed E-state index contributed by atoms with van der Waals surface area (Å²) < 4.78 is 21.2. The van der Waals surface area contributed by atoms with Gasteiger partial charge in [-0.25, -0.2) is 4.79 Å². The molecule has 0 bridgehead atoms. The normalized spacial score (nSPS) is 12.3. The monoisotopic (exact) mass is 379 g/mol. The van der Waals surface area contributed by atoms with Gasteiger partial charge >= 0.3 is 5.97 Å². The van der Waals surface area contributed by atoms with Gasteiger partial charge in [0.25, 0.3) is 5.69 Å². The molecule has 0 unspecified atom stereocenters. The van der Waals surface area contributed by atoms with Gasteiger partial charge in [0.15, 0.2) is 18.1 Å². The van der Waals surface area contributed by atoms with E-state index < -0.39 is 10.9 Å². The zero-order chi connectivity index (χ0) is 18.5. The van der Waals surface area contributed by atoms with Crippen LogP contribution in [0.25, 0.3) is 0 Å². The summed E-state index contributed by atoms with van der Waals surface area (Å²) in [4.78, 5) is 21.9. The molecule has 2 aromatic carbocycles. The van der Waals surface area contributed by atoms with Gasteiger partial charge in [-0.1, -0.05) is 11.6 Å². The molecule has 9 heteroatoms. The highest BCUT2D eigenvalue weighted by Gasteiger charge is 2.17. The van der Waals surface area contributed by atoms with Crippen molar-refractivity contribution < 1.29 is 28.7 Å². The molecule has 0 radical (unpaired) electrons. The molecule has 0 saturated heterocycles. The molecule has 0 saturated carbocycles. The average Bonchev–Trinajstić information content (AvgIpc) is 2.65. The van der Waals surface area contributed by atoms with Crippen molar-refractivity contribution in [1.29, 1.82) is 0 Å². The number of rotatable bonds is 6. The van der Waals surface area contributed by atoms with Gasteiger partial charge < -0.3 is 18.9 Å². The van der Waals surface area contributed by atoms with Gasteiger partial charge in [-0.3, -0.25) is 10.1 Å². The Kier molecular flexibility index (Phi) is 5.43. The van der Waals surface area contributed by atoms with E-state index in [0.717, 1.165) is 0 Å². The SMILES string of the molecule is O=C(COc1ccc([N+](=O)[O-])cc1)OCc1cc(Cl)c2c(c1)OCCO2.